The van der Waals surface area contributed by atoms with E-state index in [-0.39, 0.29) is 5.91 Å². The van der Waals surface area contributed by atoms with Crippen molar-refractivity contribution >= 4 is 29.0 Å². The van der Waals surface area contributed by atoms with Crippen LogP contribution in [0, 0.1) is 6.92 Å². The van der Waals surface area contributed by atoms with Crippen LogP contribution in [0.4, 0.5) is 11.5 Å². The van der Waals surface area contributed by atoms with E-state index in [0.29, 0.717) is 17.9 Å². The fraction of sp³-hybridized carbons (Fsp3) is 0.143. The van der Waals surface area contributed by atoms with Crippen LogP contribution in [0.25, 0.3) is 0 Å². The van der Waals surface area contributed by atoms with E-state index in [2.05, 4.69) is 15.6 Å². The molecule has 2 aromatic carbocycles. The number of halogens is 1. The Morgan fingerprint density at radius 3 is 2.73 bits per heavy atom. The zero-order valence-corrected chi connectivity index (χ0v) is 15.3. The van der Waals surface area contributed by atoms with Gasteiger partial charge >= 0.3 is 0 Å². The van der Waals surface area contributed by atoms with Gasteiger partial charge in [0, 0.05) is 29.0 Å². The van der Waals surface area contributed by atoms with Crippen molar-refractivity contribution in [3.8, 4) is 0 Å². The lowest BCUT2D eigenvalue weighted by molar-refractivity contribution is 0.102. The molecule has 4 nitrogen and oxygen atoms in total. The summed E-state index contributed by atoms with van der Waals surface area (Å²) in [5, 5.41) is 6.91. The zero-order valence-electron chi connectivity index (χ0n) is 14.5. The second kappa shape index (κ2) is 8.50. The number of carbonyl (C=O) groups excluding carboxylic acids is 1. The highest BCUT2D eigenvalue weighted by atomic mass is 35.5. The Bertz CT molecular complexity index is 911. The van der Waals surface area contributed by atoms with E-state index in [9.17, 15) is 4.79 Å². The molecule has 0 aliphatic heterocycles. The molecular formula is C21H20ClN3O. The molecule has 0 aliphatic carbocycles. The lowest BCUT2D eigenvalue weighted by atomic mass is 10.1. The van der Waals surface area contributed by atoms with Crippen LogP contribution in [0.5, 0.6) is 0 Å². The summed E-state index contributed by atoms with van der Waals surface area (Å²) in [7, 11) is 0. The first-order valence-corrected chi connectivity index (χ1v) is 8.81. The summed E-state index contributed by atoms with van der Waals surface area (Å²) in [6, 6.07) is 18.9. The van der Waals surface area contributed by atoms with Gasteiger partial charge < -0.3 is 10.6 Å². The fourth-order valence-corrected chi connectivity index (χ4v) is 2.82. The number of anilines is 2. The molecule has 0 saturated carbocycles. The van der Waals surface area contributed by atoms with Crippen LogP contribution in [0.15, 0.2) is 66.9 Å². The summed E-state index contributed by atoms with van der Waals surface area (Å²) in [6.07, 6.45) is 2.45. The van der Waals surface area contributed by atoms with Gasteiger partial charge in [0.05, 0.1) is 0 Å². The monoisotopic (exact) mass is 365 g/mol. The van der Waals surface area contributed by atoms with Crippen molar-refractivity contribution in [3.63, 3.8) is 0 Å². The molecule has 3 aromatic rings. The lowest BCUT2D eigenvalue weighted by Gasteiger charge is -2.10. The van der Waals surface area contributed by atoms with E-state index in [4.69, 9.17) is 11.6 Å². The number of para-hydroxylation sites is 1. The van der Waals surface area contributed by atoms with Crippen LogP contribution in [-0.2, 0) is 6.42 Å². The first-order valence-electron chi connectivity index (χ1n) is 8.43. The number of benzene rings is 2. The highest BCUT2D eigenvalue weighted by Crippen LogP contribution is 2.16. The molecule has 0 atom stereocenters. The summed E-state index contributed by atoms with van der Waals surface area (Å²) in [5.41, 5.74) is 3.55. The summed E-state index contributed by atoms with van der Waals surface area (Å²) in [4.78, 5) is 16.7. The Labute approximate surface area is 158 Å². The number of amides is 1. The number of aromatic nitrogens is 1. The minimum atomic E-state index is -0.153. The van der Waals surface area contributed by atoms with Crippen molar-refractivity contribution in [3.05, 3.63) is 88.6 Å². The van der Waals surface area contributed by atoms with Gasteiger partial charge in [-0.1, -0.05) is 41.9 Å². The molecule has 26 heavy (non-hydrogen) atoms. The second-order valence-corrected chi connectivity index (χ2v) is 6.44. The number of hydrogen-bond donors (Lipinski definition) is 2. The highest BCUT2D eigenvalue weighted by Gasteiger charge is 2.08. The number of nitrogens with one attached hydrogen (secondary N) is 2. The van der Waals surface area contributed by atoms with Crippen LogP contribution in [0.2, 0.25) is 5.02 Å². The van der Waals surface area contributed by atoms with Gasteiger partial charge in [-0.05, 0) is 54.8 Å². The third kappa shape index (κ3) is 4.83. The van der Waals surface area contributed by atoms with Gasteiger partial charge in [0.15, 0.2) is 0 Å². The smallest absolute Gasteiger partial charge is 0.255 e. The minimum absolute atomic E-state index is 0.153. The maximum Gasteiger partial charge on any atom is 0.255 e. The topological polar surface area (TPSA) is 54.0 Å². The molecule has 0 spiro atoms. The van der Waals surface area contributed by atoms with Crippen LogP contribution in [0.1, 0.15) is 21.5 Å². The minimum Gasteiger partial charge on any atom is -0.370 e. The largest absolute Gasteiger partial charge is 0.370 e. The SMILES string of the molecule is Cc1ccccc1NC(=O)c1ccnc(NCCc2cccc(Cl)c2)c1. The standard InChI is InChI=1S/C21H20ClN3O/c1-15-5-2-3-8-19(15)25-21(26)17-10-12-24-20(14-17)23-11-9-16-6-4-7-18(22)13-16/h2-8,10,12-14H,9,11H2,1H3,(H,23,24)(H,25,26). The summed E-state index contributed by atoms with van der Waals surface area (Å²) in [6.45, 7) is 2.67. The van der Waals surface area contributed by atoms with Gasteiger partial charge in [0.25, 0.3) is 5.91 Å². The van der Waals surface area contributed by atoms with E-state index in [1.165, 1.54) is 0 Å². The molecular weight excluding hydrogens is 346 g/mol. The number of hydrogen-bond acceptors (Lipinski definition) is 3. The first kappa shape index (κ1) is 18.0. The van der Waals surface area contributed by atoms with Gasteiger partial charge in [0.1, 0.15) is 5.82 Å². The van der Waals surface area contributed by atoms with Gasteiger partial charge in [0.2, 0.25) is 0 Å². The van der Waals surface area contributed by atoms with Crippen LogP contribution < -0.4 is 10.6 Å². The van der Waals surface area contributed by atoms with Crippen LogP contribution in [0.3, 0.4) is 0 Å². The predicted molar refractivity (Wildman–Crippen MR) is 107 cm³/mol. The molecule has 0 bridgehead atoms. The number of rotatable bonds is 6. The molecule has 0 unspecified atom stereocenters. The molecule has 1 amide bonds. The molecule has 5 heteroatoms. The van der Waals surface area contributed by atoms with E-state index in [1.54, 1.807) is 18.3 Å². The Balaban J connectivity index is 1.60. The van der Waals surface area contributed by atoms with Crippen molar-refractivity contribution in [2.45, 2.75) is 13.3 Å². The Morgan fingerprint density at radius 1 is 1.08 bits per heavy atom. The normalized spacial score (nSPS) is 10.4. The summed E-state index contributed by atoms with van der Waals surface area (Å²) >= 11 is 6.00. The number of pyridine rings is 1. The predicted octanol–water partition coefficient (Wildman–Crippen LogP) is 4.95. The van der Waals surface area contributed by atoms with Crippen LogP contribution in [-0.4, -0.2) is 17.4 Å². The van der Waals surface area contributed by atoms with Crippen molar-refractivity contribution in [1.82, 2.24) is 4.98 Å². The third-order valence-corrected chi connectivity index (χ3v) is 4.26. The van der Waals surface area contributed by atoms with Crippen molar-refractivity contribution in [2.24, 2.45) is 0 Å². The average Bonchev–Trinajstić information content (AvgIpc) is 2.64. The number of nitrogens with zero attached hydrogens (tertiary/aromatic N) is 1. The molecule has 0 saturated heterocycles. The van der Waals surface area contributed by atoms with Crippen molar-refractivity contribution in [1.29, 1.82) is 0 Å². The molecule has 0 aliphatic rings. The summed E-state index contributed by atoms with van der Waals surface area (Å²) < 4.78 is 0. The second-order valence-electron chi connectivity index (χ2n) is 6.01. The maximum absolute atomic E-state index is 12.5. The van der Waals surface area contributed by atoms with Gasteiger partial charge in [-0.15, -0.1) is 0 Å². The summed E-state index contributed by atoms with van der Waals surface area (Å²) in [5.74, 6) is 0.518. The lowest BCUT2D eigenvalue weighted by Crippen LogP contribution is -2.14. The van der Waals surface area contributed by atoms with Crippen LogP contribution >= 0.6 is 11.6 Å². The molecule has 0 radical (unpaired) electrons. The van der Waals surface area contributed by atoms with E-state index < -0.39 is 0 Å². The van der Waals surface area contributed by atoms with E-state index in [0.717, 1.165) is 28.3 Å². The quantitative estimate of drug-likeness (QED) is 0.649. The van der Waals surface area contributed by atoms with Crippen molar-refractivity contribution in [2.75, 3.05) is 17.2 Å². The fourth-order valence-electron chi connectivity index (χ4n) is 2.60. The van der Waals surface area contributed by atoms with E-state index in [1.807, 2.05) is 55.5 Å². The first-order chi connectivity index (χ1) is 12.6. The molecule has 1 heterocycles. The number of carbonyl (C=O) groups is 1. The van der Waals surface area contributed by atoms with Gasteiger partial charge in [-0.3, -0.25) is 4.79 Å². The molecule has 132 valence electrons. The Kier molecular flexibility index (Phi) is 5.87. The number of aryl methyl sites for hydroxylation is 1. The molecule has 2 N–H and O–H groups in total. The average molecular weight is 366 g/mol. The third-order valence-electron chi connectivity index (χ3n) is 4.02. The van der Waals surface area contributed by atoms with E-state index >= 15 is 0 Å². The molecule has 0 fully saturated rings. The van der Waals surface area contributed by atoms with Crippen molar-refractivity contribution < 1.29 is 4.79 Å². The zero-order chi connectivity index (χ0) is 18.4. The molecule has 3 rings (SSSR count). The van der Waals surface area contributed by atoms with Gasteiger partial charge in [-0.25, -0.2) is 4.98 Å². The maximum atomic E-state index is 12.5. The Morgan fingerprint density at radius 2 is 1.92 bits per heavy atom. The molecule has 1 aromatic heterocycles. The Hall–Kier alpha value is -2.85. The highest BCUT2D eigenvalue weighted by molar-refractivity contribution is 6.30. The van der Waals surface area contributed by atoms with Gasteiger partial charge in [-0.2, -0.15) is 0 Å².